The molecule has 2 rings (SSSR count). The fourth-order valence-corrected chi connectivity index (χ4v) is 1.35. The summed E-state index contributed by atoms with van der Waals surface area (Å²) in [6.45, 7) is 1.92. The minimum atomic E-state index is -0.235. The Labute approximate surface area is 104 Å². The predicted octanol–water partition coefficient (Wildman–Crippen LogP) is 0.745. The van der Waals surface area contributed by atoms with E-state index in [4.69, 9.17) is 4.52 Å². The lowest BCUT2D eigenvalue weighted by molar-refractivity contribution is 0.0946. The molecule has 0 aliphatic heterocycles. The van der Waals surface area contributed by atoms with Gasteiger partial charge in [0.05, 0.1) is 12.1 Å². The zero-order chi connectivity index (χ0) is 13.0. The van der Waals surface area contributed by atoms with Crippen LogP contribution in [-0.2, 0) is 6.54 Å². The maximum absolute atomic E-state index is 11.8. The molecule has 2 N–H and O–H groups in total. The van der Waals surface area contributed by atoms with E-state index < -0.39 is 0 Å². The van der Waals surface area contributed by atoms with Crippen molar-refractivity contribution in [3.05, 3.63) is 35.6 Å². The maximum atomic E-state index is 11.8. The highest BCUT2D eigenvalue weighted by atomic mass is 16.5. The van der Waals surface area contributed by atoms with Gasteiger partial charge in [0.1, 0.15) is 5.82 Å². The Bertz CT molecular complexity index is 535. The Morgan fingerprint density at radius 1 is 1.44 bits per heavy atom. The molecule has 18 heavy (non-hydrogen) atoms. The summed E-state index contributed by atoms with van der Waals surface area (Å²) >= 11 is 0. The summed E-state index contributed by atoms with van der Waals surface area (Å²) < 4.78 is 4.89. The van der Waals surface area contributed by atoms with Crippen molar-refractivity contribution in [1.29, 1.82) is 0 Å². The third kappa shape index (κ3) is 2.82. The minimum Gasteiger partial charge on any atom is -0.373 e. The van der Waals surface area contributed by atoms with Gasteiger partial charge in [-0.15, -0.1) is 0 Å². The van der Waals surface area contributed by atoms with E-state index in [0.29, 0.717) is 23.1 Å². The molecule has 0 atom stereocenters. The average molecular weight is 247 g/mol. The quantitative estimate of drug-likeness (QED) is 0.828. The molecule has 0 aromatic carbocycles. The van der Waals surface area contributed by atoms with Crippen LogP contribution in [0.1, 0.15) is 22.1 Å². The van der Waals surface area contributed by atoms with Gasteiger partial charge in [-0.05, 0) is 19.1 Å². The van der Waals surface area contributed by atoms with Crippen LogP contribution in [0, 0.1) is 6.92 Å². The number of pyridine rings is 1. The number of carbonyl (C=O) groups is 1. The fraction of sp³-hybridized carbons (Fsp3) is 0.273. The SMILES string of the molecule is CNc1ccc(C(=O)NCc2nc(C)no2)cn1. The molecule has 1 amide bonds. The number of hydrogen-bond donors (Lipinski definition) is 2. The molecular formula is C11H13N5O2. The van der Waals surface area contributed by atoms with Gasteiger partial charge < -0.3 is 15.2 Å². The van der Waals surface area contributed by atoms with E-state index in [1.54, 1.807) is 26.1 Å². The van der Waals surface area contributed by atoms with Crippen molar-refractivity contribution in [2.45, 2.75) is 13.5 Å². The molecular weight excluding hydrogens is 234 g/mol. The Morgan fingerprint density at radius 2 is 2.28 bits per heavy atom. The van der Waals surface area contributed by atoms with Crippen molar-refractivity contribution in [3.8, 4) is 0 Å². The Hall–Kier alpha value is -2.44. The number of amides is 1. The van der Waals surface area contributed by atoms with Gasteiger partial charge in [-0.2, -0.15) is 4.98 Å². The topological polar surface area (TPSA) is 92.9 Å². The highest BCUT2D eigenvalue weighted by molar-refractivity contribution is 5.93. The molecule has 0 saturated heterocycles. The van der Waals surface area contributed by atoms with Gasteiger partial charge in [0.25, 0.3) is 5.91 Å². The summed E-state index contributed by atoms with van der Waals surface area (Å²) in [7, 11) is 1.76. The van der Waals surface area contributed by atoms with Gasteiger partial charge in [-0.1, -0.05) is 5.16 Å². The van der Waals surface area contributed by atoms with Gasteiger partial charge in [0, 0.05) is 13.2 Å². The Kier molecular flexibility index (Phi) is 3.52. The van der Waals surface area contributed by atoms with Crippen LogP contribution in [0.15, 0.2) is 22.9 Å². The Balaban J connectivity index is 1.94. The highest BCUT2D eigenvalue weighted by Gasteiger charge is 2.08. The van der Waals surface area contributed by atoms with Crippen molar-refractivity contribution in [2.75, 3.05) is 12.4 Å². The smallest absolute Gasteiger partial charge is 0.253 e. The first-order valence-electron chi connectivity index (χ1n) is 5.40. The molecule has 2 heterocycles. The number of aryl methyl sites for hydroxylation is 1. The molecule has 0 radical (unpaired) electrons. The van der Waals surface area contributed by atoms with E-state index in [9.17, 15) is 4.79 Å². The second-order valence-electron chi connectivity index (χ2n) is 3.60. The largest absolute Gasteiger partial charge is 0.373 e. The fourth-order valence-electron chi connectivity index (χ4n) is 1.35. The van der Waals surface area contributed by atoms with Gasteiger partial charge in [0.2, 0.25) is 5.89 Å². The zero-order valence-corrected chi connectivity index (χ0v) is 10.1. The van der Waals surface area contributed by atoms with Crippen molar-refractivity contribution in [3.63, 3.8) is 0 Å². The summed E-state index contributed by atoms with van der Waals surface area (Å²) in [5, 5.41) is 9.18. The molecule has 7 heteroatoms. The van der Waals surface area contributed by atoms with Crippen LogP contribution in [0.4, 0.5) is 5.82 Å². The number of anilines is 1. The van der Waals surface area contributed by atoms with E-state index in [-0.39, 0.29) is 12.5 Å². The monoisotopic (exact) mass is 247 g/mol. The zero-order valence-electron chi connectivity index (χ0n) is 10.1. The van der Waals surface area contributed by atoms with Crippen LogP contribution in [0.5, 0.6) is 0 Å². The molecule has 0 saturated carbocycles. The van der Waals surface area contributed by atoms with E-state index in [1.165, 1.54) is 6.20 Å². The summed E-state index contributed by atoms with van der Waals surface area (Å²) in [4.78, 5) is 19.8. The number of nitrogens with zero attached hydrogens (tertiary/aromatic N) is 3. The van der Waals surface area contributed by atoms with E-state index >= 15 is 0 Å². The summed E-state index contributed by atoms with van der Waals surface area (Å²) in [6.07, 6.45) is 1.50. The van der Waals surface area contributed by atoms with Crippen molar-refractivity contribution in [2.24, 2.45) is 0 Å². The lowest BCUT2D eigenvalue weighted by Crippen LogP contribution is -2.23. The number of nitrogens with one attached hydrogen (secondary N) is 2. The molecule has 2 aromatic heterocycles. The number of aromatic nitrogens is 3. The highest BCUT2D eigenvalue weighted by Crippen LogP contribution is 2.04. The van der Waals surface area contributed by atoms with Gasteiger partial charge >= 0.3 is 0 Å². The van der Waals surface area contributed by atoms with Gasteiger partial charge in [-0.3, -0.25) is 4.79 Å². The predicted molar refractivity (Wildman–Crippen MR) is 64.0 cm³/mol. The average Bonchev–Trinajstić information content (AvgIpc) is 2.82. The van der Waals surface area contributed by atoms with Crippen LogP contribution in [0.2, 0.25) is 0 Å². The second-order valence-corrected chi connectivity index (χ2v) is 3.60. The third-order valence-electron chi connectivity index (χ3n) is 2.25. The minimum absolute atomic E-state index is 0.202. The van der Waals surface area contributed by atoms with Crippen LogP contribution < -0.4 is 10.6 Å². The van der Waals surface area contributed by atoms with Crippen molar-refractivity contribution in [1.82, 2.24) is 20.4 Å². The van der Waals surface area contributed by atoms with E-state index in [2.05, 4.69) is 25.8 Å². The molecule has 0 aliphatic rings. The van der Waals surface area contributed by atoms with Crippen molar-refractivity contribution >= 4 is 11.7 Å². The van der Waals surface area contributed by atoms with Gasteiger partial charge in [0.15, 0.2) is 5.82 Å². The Morgan fingerprint density at radius 3 is 2.83 bits per heavy atom. The normalized spacial score (nSPS) is 10.1. The molecule has 94 valence electrons. The summed E-state index contributed by atoms with van der Waals surface area (Å²) in [6, 6.07) is 3.42. The van der Waals surface area contributed by atoms with Crippen LogP contribution in [0.25, 0.3) is 0 Å². The van der Waals surface area contributed by atoms with E-state index in [1.807, 2.05) is 0 Å². The lowest BCUT2D eigenvalue weighted by Gasteiger charge is -2.03. The molecule has 0 bridgehead atoms. The molecule has 0 aliphatic carbocycles. The summed E-state index contributed by atoms with van der Waals surface area (Å²) in [5.74, 6) is 1.39. The molecule has 7 nitrogen and oxygen atoms in total. The first-order valence-corrected chi connectivity index (χ1v) is 5.40. The second kappa shape index (κ2) is 5.26. The maximum Gasteiger partial charge on any atom is 0.253 e. The number of rotatable bonds is 4. The standard InChI is InChI=1S/C11H13N5O2/c1-7-15-10(18-16-7)6-14-11(17)8-3-4-9(12-2)13-5-8/h3-5H,6H2,1-2H3,(H,12,13)(H,14,17). The molecule has 0 spiro atoms. The van der Waals surface area contributed by atoms with Gasteiger partial charge in [-0.25, -0.2) is 4.98 Å². The van der Waals surface area contributed by atoms with Crippen LogP contribution in [-0.4, -0.2) is 28.1 Å². The number of hydrogen-bond acceptors (Lipinski definition) is 6. The van der Waals surface area contributed by atoms with E-state index in [0.717, 1.165) is 0 Å². The molecule has 2 aromatic rings. The molecule has 0 unspecified atom stereocenters. The molecule has 0 fully saturated rings. The lowest BCUT2D eigenvalue weighted by atomic mass is 10.2. The van der Waals surface area contributed by atoms with Crippen LogP contribution >= 0.6 is 0 Å². The first kappa shape index (κ1) is 12.0. The summed E-state index contributed by atoms with van der Waals surface area (Å²) in [5.41, 5.74) is 0.477. The first-order chi connectivity index (χ1) is 8.69. The third-order valence-corrected chi connectivity index (χ3v) is 2.25. The number of carbonyl (C=O) groups excluding carboxylic acids is 1. The van der Waals surface area contributed by atoms with Crippen molar-refractivity contribution < 1.29 is 9.32 Å². The van der Waals surface area contributed by atoms with Crippen LogP contribution in [0.3, 0.4) is 0 Å².